The molecule has 0 aromatic heterocycles. The van der Waals surface area contributed by atoms with Crippen LogP contribution in [0.5, 0.6) is 5.75 Å². The van der Waals surface area contributed by atoms with Crippen molar-refractivity contribution in [1.29, 1.82) is 0 Å². The van der Waals surface area contributed by atoms with Crippen LogP contribution in [0.15, 0.2) is 12.1 Å². The van der Waals surface area contributed by atoms with Crippen LogP contribution >= 0.6 is 0 Å². The largest absolute Gasteiger partial charge is 0.490 e. The maximum absolute atomic E-state index is 6.16. The molecule has 1 rings (SSSR count). The maximum Gasteiger partial charge on any atom is 0.126 e. The number of ether oxygens (including phenoxy) is 1. The van der Waals surface area contributed by atoms with Gasteiger partial charge in [-0.15, -0.1) is 0 Å². The van der Waals surface area contributed by atoms with E-state index in [1.54, 1.807) is 0 Å². The molecular weight excluding hydrogens is 256 g/mol. The van der Waals surface area contributed by atoms with Gasteiger partial charge in [0.05, 0.1) is 6.10 Å². The summed E-state index contributed by atoms with van der Waals surface area (Å²) in [5.41, 5.74) is 4.47. The Morgan fingerprint density at radius 1 is 1.00 bits per heavy atom. The van der Waals surface area contributed by atoms with Gasteiger partial charge in [-0.1, -0.05) is 53.7 Å². The fourth-order valence-corrected chi connectivity index (χ4v) is 2.79. The number of rotatable bonds is 7. The van der Waals surface area contributed by atoms with Crippen molar-refractivity contribution in [1.82, 2.24) is 0 Å². The highest BCUT2D eigenvalue weighted by atomic mass is 16.5. The van der Waals surface area contributed by atoms with Gasteiger partial charge < -0.3 is 4.74 Å². The molecule has 0 saturated heterocycles. The van der Waals surface area contributed by atoms with E-state index >= 15 is 0 Å². The minimum atomic E-state index is 0.224. The van der Waals surface area contributed by atoms with Gasteiger partial charge in [0.15, 0.2) is 0 Å². The molecule has 0 amide bonds. The van der Waals surface area contributed by atoms with E-state index in [4.69, 9.17) is 4.74 Å². The van der Waals surface area contributed by atoms with Gasteiger partial charge in [-0.2, -0.15) is 0 Å². The monoisotopic (exact) mass is 290 g/mol. The average molecular weight is 290 g/mol. The fraction of sp³-hybridized carbons (Fsp3) is 0.700. The molecule has 0 radical (unpaired) electrons. The molecule has 0 bridgehead atoms. The second kappa shape index (κ2) is 7.33. The summed E-state index contributed by atoms with van der Waals surface area (Å²) in [4.78, 5) is 0. The van der Waals surface area contributed by atoms with Gasteiger partial charge in [0.25, 0.3) is 0 Å². The number of aryl methyl sites for hydroxylation is 1. The summed E-state index contributed by atoms with van der Waals surface area (Å²) >= 11 is 0. The van der Waals surface area contributed by atoms with E-state index in [0.717, 1.165) is 12.2 Å². The predicted octanol–water partition coefficient (Wildman–Crippen LogP) is 6.24. The van der Waals surface area contributed by atoms with Crippen LogP contribution in [0.2, 0.25) is 0 Å². The summed E-state index contributed by atoms with van der Waals surface area (Å²) in [6.07, 6.45) is 3.60. The molecule has 120 valence electrons. The SMILES string of the molecule is CCc1cc(C(C)(CC)CC)cc(C(C)C)c1OC(C)C. The third kappa shape index (κ3) is 4.02. The summed E-state index contributed by atoms with van der Waals surface area (Å²) in [5, 5.41) is 0. The summed E-state index contributed by atoms with van der Waals surface area (Å²) in [5.74, 6) is 1.61. The zero-order valence-corrected chi connectivity index (χ0v) is 15.3. The second-order valence-corrected chi connectivity index (χ2v) is 7.00. The first-order valence-electron chi connectivity index (χ1n) is 8.62. The van der Waals surface area contributed by atoms with Gasteiger partial charge in [0.2, 0.25) is 0 Å². The normalized spacial score (nSPS) is 12.3. The summed E-state index contributed by atoms with van der Waals surface area (Å²) in [6.45, 7) is 18.0. The second-order valence-electron chi connectivity index (χ2n) is 7.00. The molecule has 0 aliphatic rings. The van der Waals surface area contributed by atoms with Crippen molar-refractivity contribution in [3.05, 3.63) is 28.8 Å². The first kappa shape index (κ1) is 18.1. The van der Waals surface area contributed by atoms with Crippen LogP contribution < -0.4 is 4.74 Å². The number of hydrogen-bond donors (Lipinski definition) is 0. The van der Waals surface area contributed by atoms with Crippen LogP contribution in [-0.2, 0) is 11.8 Å². The van der Waals surface area contributed by atoms with Gasteiger partial charge in [0.1, 0.15) is 5.75 Å². The Morgan fingerprint density at radius 2 is 1.57 bits per heavy atom. The van der Waals surface area contributed by atoms with E-state index in [1.807, 2.05) is 0 Å². The molecule has 0 aliphatic heterocycles. The van der Waals surface area contributed by atoms with Crippen molar-refractivity contribution in [3.63, 3.8) is 0 Å². The van der Waals surface area contributed by atoms with Gasteiger partial charge in [0, 0.05) is 0 Å². The fourth-order valence-electron chi connectivity index (χ4n) is 2.79. The first-order chi connectivity index (χ1) is 9.78. The van der Waals surface area contributed by atoms with Crippen molar-refractivity contribution in [3.8, 4) is 5.75 Å². The highest BCUT2D eigenvalue weighted by Crippen LogP contribution is 2.39. The molecule has 0 spiro atoms. The summed E-state index contributed by atoms with van der Waals surface area (Å²) in [7, 11) is 0. The first-order valence-corrected chi connectivity index (χ1v) is 8.62. The lowest BCUT2D eigenvalue weighted by molar-refractivity contribution is 0.236. The molecule has 1 aromatic rings. The van der Waals surface area contributed by atoms with Crippen LogP contribution in [-0.4, -0.2) is 6.10 Å². The molecule has 0 aliphatic carbocycles. The van der Waals surface area contributed by atoms with E-state index < -0.39 is 0 Å². The molecule has 21 heavy (non-hydrogen) atoms. The molecule has 1 aromatic carbocycles. The molecular formula is C20H34O. The predicted molar refractivity (Wildman–Crippen MR) is 93.6 cm³/mol. The Hall–Kier alpha value is -0.980. The van der Waals surface area contributed by atoms with Crippen molar-refractivity contribution in [2.75, 3.05) is 0 Å². The quantitative estimate of drug-likeness (QED) is 0.577. The third-order valence-electron chi connectivity index (χ3n) is 4.81. The minimum absolute atomic E-state index is 0.224. The topological polar surface area (TPSA) is 9.23 Å². The lowest BCUT2D eigenvalue weighted by Gasteiger charge is -2.30. The Bertz CT molecular complexity index is 453. The number of hydrogen-bond acceptors (Lipinski definition) is 1. The molecule has 0 atom stereocenters. The van der Waals surface area contributed by atoms with Crippen molar-refractivity contribution in [2.24, 2.45) is 0 Å². The van der Waals surface area contributed by atoms with Gasteiger partial charge in [-0.25, -0.2) is 0 Å². The molecule has 0 saturated carbocycles. The van der Waals surface area contributed by atoms with Crippen molar-refractivity contribution >= 4 is 0 Å². The van der Waals surface area contributed by atoms with Crippen LogP contribution in [0.1, 0.15) is 90.8 Å². The maximum atomic E-state index is 6.16. The Kier molecular flexibility index (Phi) is 6.31. The van der Waals surface area contributed by atoms with E-state index in [2.05, 4.69) is 67.5 Å². The van der Waals surface area contributed by atoms with E-state index in [-0.39, 0.29) is 11.5 Å². The Balaban J connectivity index is 3.49. The summed E-state index contributed by atoms with van der Waals surface area (Å²) < 4.78 is 6.16. The van der Waals surface area contributed by atoms with Gasteiger partial charge in [-0.05, 0) is 61.1 Å². The minimum Gasteiger partial charge on any atom is -0.490 e. The molecule has 1 nitrogen and oxygen atoms in total. The van der Waals surface area contributed by atoms with E-state index in [1.165, 1.54) is 29.5 Å². The lowest BCUT2D eigenvalue weighted by Crippen LogP contribution is -2.21. The Labute approximate surface area is 132 Å². The highest BCUT2D eigenvalue weighted by molar-refractivity contribution is 5.48. The van der Waals surface area contributed by atoms with Crippen LogP contribution in [0, 0.1) is 0 Å². The van der Waals surface area contributed by atoms with Crippen molar-refractivity contribution < 1.29 is 4.74 Å². The molecule has 0 N–H and O–H groups in total. The molecule has 0 unspecified atom stereocenters. The highest BCUT2D eigenvalue weighted by Gasteiger charge is 2.25. The van der Waals surface area contributed by atoms with Crippen molar-refractivity contribution in [2.45, 2.75) is 92.1 Å². The zero-order chi connectivity index (χ0) is 16.2. The summed E-state index contributed by atoms with van der Waals surface area (Å²) in [6, 6.07) is 4.78. The molecule has 0 heterocycles. The standard InChI is InChI=1S/C20H34O/c1-9-16-12-17(20(8,10-2)11-3)13-18(14(4)5)19(16)21-15(6)7/h12-15H,9-11H2,1-8H3. The zero-order valence-electron chi connectivity index (χ0n) is 15.3. The molecule has 0 fully saturated rings. The van der Waals surface area contributed by atoms with Crippen LogP contribution in [0.4, 0.5) is 0 Å². The smallest absolute Gasteiger partial charge is 0.126 e. The lowest BCUT2D eigenvalue weighted by atomic mass is 9.76. The van der Waals surface area contributed by atoms with Crippen LogP contribution in [0.3, 0.4) is 0 Å². The van der Waals surface area contributed by atoms with E-state index in [9.17, 15) is 0 Å². The third-order valence-corrected chi connectivity index (χ3v) is 4.81. The van der Waals surface area contributed by atoms with Gasteiger partial charge in [-0.3, -0.25) is 0 Å². The van der Waals surface area contributed by atoms with E-state index in [0.29, 0.717) is 5.92 Å². The Morgan fingerprint density at radius 3 is 1.95 bits per heavy atom. The molecule has 1 heteroatoms. The number of benzene rings is 1. The van der Waals surface area contributed by atoms with Crippen LogP contribution in [0.25, 0.3) is 0 Å². The average Bonchev–Trinajstić information content (AvgIpc) is 2.45. The van der Waals surface area contributed by atoms with Gasteiger partial charge >= 0.3 is 0 Å².